The Kier molecular flexibility index (Phi) is 6.08. The highest BCUT2D eigenvalue weighted by atomic mass is 28.3. The number of esters is 1. The molecule has 0 saturated heterocycles. The zero-order valence-electron chi connectivity index (χ0n) is 10.6. The third-order valence-corrected chi connectivity index (χ3v) is 4.19. The molecule has 1 atom stereocenters. The molecule has 0 aromatic rings. The van der Waals surface area contributed by atoms with Gasteiger partial charge >= 0.3 is 5.97 Å². The number of hydrogen-bond acceptors (Lipinski definition) is 3. The summed E-state index contributed by atoms with van der Waals surface area (Å²) in [5, 5.41) is 10.6. The molecule has 90 valence electrons. The van der Waals surface area contributed by atoms with E-state index in [2.05, 4.69) is 31.5 Å². The molecule has 0 aliphatic heterocycles. The van der Waals surface area contributed by atoms with Gasteiger partial charge in [0.15, 0.2) is 6.10 Å². The SMILES string of the molecule is CC#CC=C([C@@H](O)C(=O)OCC)[Si](C)(C)C. The van der Waals surface area contributed by atoms with Crippen LogP contribution in [0.1, 0.15) is 13.8 Å². The minimum Gasteiger partial charge on any atom is -0.464 e. The molecule has 0 spiro atoms. The Morgan fingerprint density at radius 1 is 1.50 bits per heavy atom. The average molecular weight is 240 g/mol. The molecule has 1 N–H and O–H groups in total. The van der Waals surface area contributed by atoms with E-state index >= 15 is 0 Å². The van der Waals surface area contributed by atoms with E-state index in [9.17, 15) is 9.90 Å². The molecule has 0 aliphatic carbocycles. The molecular weight excluding hydrogens is 220 g/mol. The molecule has 3 nitrogen and oxygen atoms in total. The average Bonchev–Trinajstić information content (AvgIpc) is 2.16. The van der Waals surface area contributed by atoms with Crippen LogP contribution in [0.3, 0.4) is 0 Å². The predicted octanol–water partition coefficient (Wildman–Crippen LogP) is 1.74. The summed E-state index contributed by atoms with van der Waals surface area (Å²) in [5.41, 5.74) is 0. The van der Waals surface area contributed by atoms with E-state index in [0.29, 0.717) is 5.20 Å². The van der Waals surface area contributed by atoms with E-state index in [1.807, 2.05) is 0 Å². The lowest BCUT2D eigenvalue weighted by Crippen LogP contribution is -2.37. The second kappa shape index (κ2) is 6.51. The van der Waals surface area contributed by atoms with Gasteiger partial charge in [0.2, 0.25) is 0 Å². The smallest absolute Gasteiger partial charge is 0.338 e. The van der Waals surface area contributed by atoms with Gasteiger partial charge in [0.1, 0.15) is 0 Å². The van der Waals surface area contributed by atoms with Gasteiger partial charge in [-0.05, 0) is 25.1 Å². The van der Waals surface area contributed by atoms with Gasteiger partial charge in [-0.2, -0.15) is 0 Å². The quantitative estimate of drug-likeness (QED) is 0.462. The zero-order valence-corrected chi connectivity index (χ0v) is 11.6. The molecule has 0 rings (SSSR count). The number of carbonyl (C=O) groups is 1. The van der Waals surface area contributed by atoms with Crippen molar-refractivity contribution >= 4 is 14.0 Å². The van der Waals surface area contributed by atoms with Crippen molar-refractivity contribution in [3.63, 3.8) is 0 Å². The van der Waals surface area contributed by atoms with E-state index in [1.54, 1.807) is 19.9 Å². The number of aliphatic hydroxyl groups excluding tert-OH is 1. The van der Waals surface area contributed by atoms with Crippen molar-refractivity contribution in [3.05, 3.63) is 11.3 Å². The molecule has 0 fully saturated rings. The van der Waals surface area contributed by atoms with Crippen LogP contribution in [0.5, 0.6) is 0 Å². The second-order valence-corrected chi connectivity index (χ2v) is 9.48. The van der Waals surface area contributed by atoms with Gasteiger partial charge in [0.25, 0.3) is 0 Å². The van der Waals surface area contributed by atoms with Crippen molar-refractivity contribution in [2.24, 2.45) is 0 Å². The van der Waals surface area contributed by atoms with E-state index in [4.69, 9.17) is 4.74 Å². The van der Waals surface area contributed by atoms with Crippen molar-refractivity contribution in [1.29, 1.82) is 0 Å². The normalized spacial score (nSPS) is 13.8. The van der Waals surface area contributed by atoms with Crippen LogP contribution in [-0.2, 0) is 9.53 Å². The van der Waals surface area contributed by atoms with Gasteiger partial charge in [0.05, 0.1) is 14.7 Å². The summed E-state index contributed by atoms with van der Waals surface area (Å²) >= 11 is 0. The number of rotatable bonds is 4. The molecule has 0 aliphatic rings. The lowest BCUT2D eigenvalue weighted by atomic mass is 10.3. The van der Waals surface area contributed by atoms with Crippen LogP contribution in [0.25, 0.3) is 0 Å². The molecule has 0 bridgehead atoms. The highest BCUT2D eigenvalue weighted by Crippen LogP contribution is 2.19. The van der Waals surface area contributed by atoms with Crippen LogP contribution in [-0.4, -0.2) is 31.9 Å². The van der Waals surface area contributed by atoms with Gasteiger partial charge in [0, 0.05) is 0 Å². The Morgan fingerprint density at radius 3 is 2.44 bits per heavy atom. The summed E-state index contributed by atoms with van der Waals surface area (Å²) in [6.07, 6.45) is 0.473. The minimum absolute atomic E-state index is 0.272. The molecule has 0 amide bonds. The number of aliphatic hydroxyl groups is 1. The van der Waals surface area contributed by atoms with Crippen molar-refractivity contribution in [3.8, 4) is 11.8 Å². The Hall–Kier alpha value is -1.05. The first-order valence-corrected chi connectivity index (χ1v) is 8.82. The fourth-order valence-corrected chi connectivity index (χ4v) is 2.65. The van der Waals surface area contributed by atoms with Crippen molar-refractivity contribution in [2.75, 3.05) is 6.61 Å². The van der Waals surface area contributed by atoms with Crippen LogP contribution in [0, 0.1) is 11.8 Å². The molecule has 0 radical (unpaired) electrons. The first-order valence-electron chi connectivity index (χ1n) is 5.32. The standard InChI is InChI=1S/C12H20O3Si/c1-6-8-9-10(16(3,4)5)11(13)12(14)15-7-2/h9,11,13H,7H2,1-5H3/t11-/m1/s1. The zero-order chi connectivity index (χ0) is 12.8. The minimum atomic E-state index is -1.77. The monoisotopic (exact) mass is 240 g/mol. The lowest BCUT2D eigenvalue weighted by Gasteiger charge is -2.23. The lowest BCUT2D eigenvalue weighted by molar-refractivity contribution is -0.150. The van der Waals surface area contributed by atoms with E-state index in [-0.39, 0.29) is 6.61 Å². The maximum absolute atomic E-state index is 11.5. The third-order valence-electron chi connectivity index (χ3n) is 2.04. The molecule has 0 unspecified atom stereocenters. The van der Waals surface area contributed by atoms with Crippen LogP contribution in [0.4, 0.5) is 0 Å². The maximum atomic E-state index is 11.5. The summed E-state index contributed by atoms with van der Waals surface area (Å²) in [6.45, 7) is 9.87. The Bertz CT molecular complexity index is 328. The van der Waals surface area contributed by atoms with Crippen LogP contribution < -0.4 is 0 Å². The molecule has 16 heavy (non-hydrogen) atoms. The first-order chi connectivity index (χ1) is 7.34. The van der Waals surface area contributed by atoms with Gasteiger partial charge < -0.3 is 9.84 Å². The van der Waals surface area contributed by atoms with Crippen molar-refractivity contribution in [1.82, 2.24) is 0 Å². The summed E-state index contributed by atoms with van der Waals surface area (Å²) < 4.78 is 4.80. The number of hydrogen-bond donors (Lipinski definition) is 1. The fourth-order valence-electron chi connectivity index (χ4n) is 1.20. The number of carbonyl (C=O) groups excluding carboxylic acids is 1. The Morgan fingerprint density at radius 2 is 2.06 bits per heavy atom. The highest BCUT2D eigenvalue weighted by molar-refractivity contribution is 6.83. The molecule has 0 saturated carbocycles. The van der Waals surface area contributed by atoms with Gasteiger partial charge in [-0.1, -0.05) is 25.6 Å². The predicted molar refractivity (Wildman–Crippen MR) is 67.5 cm³/mol. The van der Waals surface area contributed by atoms with Gasteiger partial charge in [-0.25, -0.2) is 4.79 Å². The molecule has 0 aromatic heterocycles. The van der Waals surface area contributed by atoms with Crippen molar-refractivity contribution in [2.45, 2.75) is 39.6 Å². The van der Waals surface area contributed by atoms with Gasteiger partial charge in [-0.15, -0.1) is 5.92 Å². The largest absolute Gasteiger partial charge is 0.464 e. The molecule has 0 aromatic carbocycles. The first kappa shape index (κ1) is 14.9. The summed E-state index contributed by atoms with van der Waals surface area (Å²) in [7, 11) is -1.77. The number of ether oxygens (including phenoxy) is 1. The number of allylic oxidation sites excluding steroid dienone is 1. The molecular formula is C12H20O3Si. The Labute approximate surface area is 98.5 Å². The summed E-state index contributed by atoms with van der Waals surface area (Å²) in [5.74, 6) is 4.93. The summed E-state index contributed by atoms with van der Waals surface area (Å²) in [6, 6.07) is 0. The van der Waals surface area contributed by atoms with Crippen LogP contribution in [0.2, 0.25) is 19.6 Å². The summed E-state index contributed by atoms with van der Waals surface area (Å²) in [4.78, 5) is 11.5. The van der Waals surface area contributed by atoms with Crippen LogP contribution in [0.15, 0.2) is 11.3 Å². The highest BCUT2D eigenvalue weighted by Gasteiger charge is 2.30. The fraction of sp³-hybridized carbons (Fsp3) is 0.583. The van der Waals surface area contributed by atoms with E-state index in [0.717, 1.165) is 0 Å². The Balaban J connectivity index is 5.04. The molecule has 0 heterocycles. The van der Waals surface area contributed by atoms with Gasteiger partial charge in [-0.3, -0.25) is 0 Å². The molecule has 4 heteroatoms. The van der Waals surface area contributed by atoms with E-state index < -0.39 is 20.1 Å². The van der Waals surface area contributed by atoms with Crippen LogP contribution >= 0.6 is 0 Å². The topological polar surface area (TPSA) is 46.5 Å². The second-order valence-electron chi connectivity index (χ2n) is 4.40. The van der Waals surface area contributed by atoms with Crippen molar-refractivity contribution < 1.29 is 14.6 Å². The van der Waals surface area contributed by atoms with E-state index in [1.165, 1.54) is 0 Å². The third kappa shape index (κ3) is 4.64. The maximum Gasteiger partial charge on any atom is 0.338 e.